The van der Waals surface area contributed by atoms with Crippen molar-refractivity contribution in [3.05, 3.63) is 22.8 Å². The molecule has 2 unspecified atom stereocenters. The molecule has 9 heteroatoms. The van der Waals surface area contributed by atoms with Crippen LogP contribution in [0.15, 0.2) is 22.8 Å². The second-order valence-corrected chi connectivity index (χ2v) is 7.87. The minimum Gasteiger partial charge on any atom is -0.455 e. The van der Waals surface area contributed by atoms with Gasteiger partial charge < -0.3 is 9.84 Å². The van der Waals surface area contributed by atoms with Crippen molar-refractivity contribution in [3.8, 4) is 0 Å². The van der Waals surface area contributed by atoms with Gasteiger partial charge in [-0.3, -0.25) is 4.55 Å². The fourth-order valence-electron chi connectivity index (χ4n) is 3.01. The van der Waals surface area contributed by atoms with Gasteiger partial charge in [-0.05, 0) is 32.1 Å². The summed E-state index contributed by atoms with van der Waals surface area (Å²) in [6.45, 7) is 1.50. The number of allylic oxidation sites excluding steroid dienone is 2. The van der Waals surface area contributed by atoms with Crippen LogP contribution in [0, 0.1) is 5.92 Å². The van der Waals surface area contributed by atoms with Gasteiger partial charge in [0.25, 0.3) is 0 Å². The zero-order valence-electron chi connectivity index (χ0n) is 12.7. The molecule has 3 aliphatic rings. The van der Waals surface area contributed by atoms with Crippen LogP contribution in [0.3, 0.4) is 0 Å². The van der Waals surface area contributed by atoms with E-state index in [2.05, 4.69) is 4.74 Å². The van der Waals surface area contributed by atoms with Gasteiger partial charge in [0.05, 0.1) is 5.60 Å². The lowest BCUT2D eigenvalue weighted by molar-refractivity contribution is -0.145. The number of esters is 1. The van der Waals surface area contributed by atoms with Crippen LogP contribution in [0.2, 0.25) is 0 Å². The molecular formula is C14H18F2O6S. The van der Waals surface area contributed by atoms with E-state index in [0.29, 0.717) is 12.8 Å². The number of hydrogen-bond acceptors (Lipinski definition) is 5. The molecule has 3 aliphatic carbocycles. The highest BCUT2D eigenvalue weighted by atomic mass is 32.2. The Morgan fingerprint density at radius 3 is 2.57 bits per heavy atom. The summed E-state index contributed by atoms with van der Waals surface area (Å²) in [6.07, 6.45) is 2.86. The second kappa shape index (κ2) is 5.64. The van der Waals surface area contributed by atoms with Gasteiger partial charge in [-0.25, -0.2) is 4.79 Å². The van der Waals surface area contributed by atoms with E-state index in [1.165, 1.54) is 0 Å². The summed E-state index contributed by atoms with van der Waals surface area (Å²) in [5.41, 5.74) is 0.753. The minimum atomic E-state index is -5.65. The van der Waals surface area contributed by atoms with E-state index < -0.39 is 39.5 Å². The summed E-state index contributed by atoms with van der Waals surface area (Å²) in [5, 5.41) is 5.67. The number of alkyl halides is 2. The first-order chi connectivity index (χ1) is 10.3. The normalized spacial score (nSPS) is 28.4. The Morgan fingerprint density at radius 1 is 1.48 bits per heavy atom. The number of fused-ring (bicyclic) bond motifs is 4. The van der Waals surface area contributed by atoms with Gasteiger partial charge in [0.2, 0.25) is 0 Å². The van der Waals surface area contributed by atoms with Crippen LogP contribution < -0.4 is 0 Å². The summed E-state index contributed by atoms with van der Waals surface area (Å²) in [5.74, 6) is -1.49. The zero-order chi connectivity index (χ0) is 17.6. The molecule has 0 heterocycles. The Kier molecular flexibility index (Phi) is 4.42. The Labute approximate surface area is 132 Å². The van der Waals surface area contributed by atoms with Gasteiger partial charge in [-0.2, -0.15) is 17.2 Å². The first kappa shape index (κ1) is 18.0. The van der Waals surface area contributed by atoms with E-state index in [1.54, 1.807) is 19.9 Å². The SMILES string of the molecule is CC1CC(C)(O)C=C2CC(=C1C(=O)OCC(F)(F)S(=O)(=O)O)C2. The second-order valence-electron chi connectivity index (χ2n) is 6.32. The molecule has 0 aromatic carbocycles. The first-order valence-electron chi connectivity index (χ1n) is 6.99. The lowest BCUT2D eigenvalue weighted by atomic mass is 9.72. The molecule has 6 nitrogen and oxygen atoms in total. The van der Waals surface area contributed by atoms with Crippen LogP contribution in [-0.4, -0.2) is 41.5 Å². The molecule has 3 rings (SSSR count). The van der Waals surface area contributed by atoms with Gasteiger partial charge in [0.15, 0.2) is 6.61 Å². The van der Waals surface area contributed by atoms with Crippen LogP contribution in [0.25, 0.3) is 0 Å². The van der Waals surface area contributed by atoms with Crippen LogP contribution in [0.4, 0.5) is 8.78 Å². The van der Waals surface area contributed by atoms with Crippen molar-refractivity contribution in [2.75, 3.05) is 6.61 Å². The van der Waals surface area contributed by atoms with Gasteiger partial charge in [0, 0.05) is 5.57 Å². The highest BCUT2D eigenvalue weighted by molar-refractivity contribution is 7.86. The number of aliphatic hydroxyl groups is 1. The molecule has 0 saturated heterocycles. The summed E-state index contributed by atoms with van der Waals surface area (Å²) in [6, 6.07) is 0. The number of ether oxygens (including phenoxy) is 1. The van der Waals surface area contributed by atoms with Gasteiger partial charge in [0.1, 0.15) is 0 Å². The van der Waals surface area contributed by atoms with E-state index in [4.69, 9.17) is 4.55 Å². The van der Waals surface area contributed by atoms with E-state index in [0.717, 1.165) is 11.1 Å². The van der Waals surface area contributed by atoms with Crippen molar-refractivity contribution < 1.29 is 36.4 Å². The molecule has 1 fully saturated rings. The molecule has 2 bridgehead atoms. The standard InChI is InChI=1S/C14H18F2O6S/c1-8-5-13(2,18)6-9-3-10(4-9)11(8)12(17)22-7-14(15,16)23(19,20)21/h6,8,18H,3-5,7H2,1-2H3,(H,19,20,21). The quantitative estimate of drug-likeness (QED) is 0.455. The van der Waals surface area contributed by atoms with Crippen molar-refractivity contribution in [1.29, 1.82) is 0 Å². The van der Waals surface area contributed by atoms with Crippen LogP contribution in [0.1, 0.15) is 33.1 Å². The van der Waals surface area contributed by atoms with E-state index in [9.17, 15) is 27.1 Å². The van der Waals surface area contributed by atoms with Crippen molar-refractivity contribution in [2.45, 2.75) is 44.0 Å². The van der Waals surface area contributed by atoms with Crippen LogP contribution in [-0.2, 0) is 19.6 Å². The van der Waals surface area contributed by atoms with Crippen LogP contribution in [0.5, 0.6) is 0 Å². The molecule has 0 aromatic heterocycles. The maximum absolute atomic E-state index is 13.2. The van der Waals surface area contributed by atoms with Crippen molar-refractivity contribution in [2.24, 2.45) is 5.92 Å². The maximum atomic E-state index is 13.2. The highest BCUT2D eigenvalue weighted by Gasteiger charge is 2.46. The van der Waals surface area contributed by atoms with Crippen molar-refractivity contribution >= 4 is 16.1 Å². The highest BCUT2D eigenvalue weighted by Crippen LogP contribution is 2.43. The molecule has 130 valence electrons. The Morgan fingerprint density at radius 2 is 2.04 bits per heavy atom. The third-order valence-electron chi connectivity index (χ3n) is 3.96. The summed E-state index contributed by atoms with van der Waals surface area (Å²) in [7, 11) is -5.65. The van der Waals surface area contributed by atoms with Crippen LogP contribution >= 0.6 is 0 Å². The summed E-state index contributed by atoms with van der Waals surface area (Å²) >= 11 is 0. The average molecular weight is 352 g/mol. The monoisotopic (exact) mass is 352 g/mol. The smallest absolute Gasteiger partial charge is 0.402 e. The van der Waals surface area contributed by atoms with Gasteiger partial charge in [-0.15, -0.1) is 0 Å². The number of carbonyl (C=O) groups excluding carboxylic acids is 1. The number of hydrogen-bond donors (Lipinski definition) is 2. The third kappa shape index (κ3) is 3.78. The lowest BCUT2D eigenvalue weighted by Crippen LogP contribution is -2.36. The predicted octanol–water partition coefficient (Wildman–Crippen LogP) is 1.82. The molecule has 0 amide bonds. The lowest BCUT2D eigenvalue weighted by Gasteiger charge is -2.35. The average Bonchev–Trinajstić information content (AvgIpc) is 2.29. The minimum absolute atomic E-state index is 0.188. The molecule has 0 radical (unpaired) electrons. The fourth-order valence-corrected chi connectivity index (χ4v) is 3.21. The topological polar surface area (TPSA) is 101 Å². The molecule has 0 aromatic rings. The Bertz CT molecular complexity index is 680. The van der Waals surface area contributed by atoms with Crippen molar-refractivity contribution in [3.63, 3.8) is 0 Å². The number of halogens is 2. The van der Waals surface area contributed by atoms with E-state index >= 15 is 0 Å². The molecule has 0 spiro atoms. The molecule has 0 aliphatic heterocycles. The summed E-state index contributed by atoms with van der Waals surface area (Å²) < 4.78 is 60.2. The van der Waals surface area contributed by atoms with E-state index in [-0.39, 0.29) is 12.0 Å². The van der Waals surface area contributed by atoms with Crippen molar-refractivity contribution in [1.82, 2.24) is 0 Å². The Balaban J connectivity index is 2.16. The molecule has 2 atom stereocenters. The summed E-state index contributed by atoms with van der Waals surface area (Å²) in [4.78, 5) is 12.1. The van der Waals surface area contributed by atoms with Gasteiger partial charge >= 0.3 is 21.3 Å². The zero-order valence-corrected chi connectivity index (χ0v) is 13.5. The molecule has 23 heavy (non-hydrogen) atoms. The largest absolute Gasteiger partial charge is 0.455 e. The predicted molar refractivity (Wildman–Crippen MR) is 76.2 cm³/mol. The van der Waals surface area contributed by atoms with Gasteiger partial charge in [-0.1, -0.05) is 24.1 Å². The third-order valence-corrected chi connectivity index (χ3v) is 4.83. The molecule has 2 N–H and O–H groups in total. The number of carbonyl (C=O) groups is 1. The maximum Gasteiger partial charge on any atom is 0.402 e. The number of rotatable bonds is 4. The molecule has 1 saturated carbocycles. The van der Waals surface area contributed by atoms with E-state index in [1.807, 2.05) is 0 Å². The first-order valence-corrected chi connectivity index (χ1v) is 8.43. The Hall–Kier alpha value is -1.32. The fraction of sp³-hybridized carbons (Fsp3) is 0.643. The molecular weight excluding hydrogens is 334 g/mol.